The van der Waals surface area contributed by atoms with Crippen molar-refractivity contribution < 1.29 is 4.79 Å². The van der Waals surface area contributed by atoms with Crippen LogP contribution >= 0.6 is 0 Å². The van der Waals surface area contributed by atoms with Gasteiger partial charge in [0.1, 0.15) is 5.69 Å². The molecule has 1 aromatic carbocycles. The number of H-pyrrole nitrogens is 1. The first kappa shape index (κ1) is 17.4. The molecule has 132 valence electrons. The summed E-state index contributed by atoms with van der Waals surface area (Å²) in [5, 5.41) is 0. The van der Waals surface area contributed by atoms with Gasteiger partial charge in [-0.2, -0.15) is 0 Å². The van der Waals surface area contributed by atoms with Gasteiger partial charge in [-0.1, -0.05) is 31.0 Å². The molecule has 1 aliphatic carbocycles. The van der Waals surface area contributed by atoms with Gasteiger partial charge in [-0.25, -0.2) is 4.79 Å². The highest BCUT2D eigenvalue weighted by molar-refractivity contribution is 6.09. The minimum Gasteiger partial charge on any atom is -0.290 e. The van der Waals surface area contributed by atoms with Crippen LogP contribution in [0.2, 0.25) is 0 Å². The highest BCUT2D eigenvalue weighted by Crippen LogP contribution is 2.31. The number of carbonyl (C=O) groups is 1. The van der Waals surface area contributed by atoms with Crippen LogP contribution < -0.4 is 11.2 Å². The van der Waals surface area contributed by atoms with Gasteiger partial charge >= 0.3 is 5.69 Å². The number of carbonyl (C=O) groups excluding carboxylic acids is 1. The van der Waals surface area contributed by atoms with Gasteiger partial charge < -0.3 is 0 Å². The fourth-order valence-electron chi connectivity index (χ4n) is 3.34. The Morgan fingerprint density at radius 1 is 1.16 bits per heavy atom. The summed E-state index contributed by atoms with van der Waals surface area (Å²) >= 11 is 0. The average molecular weight is 340 g/mol. The second-order valence-corrected chi connectivity index (χ2v) is 7.44. The molecule has 1 heterocycles. The lowest BCUT2D eigenvalue weighted by molar-refractivity contribution is 0.102. The van der Waals surface area contributed by atoms with Crippen LogP contribution in [0.15, 0.2) is 27.8 Å². The zero-order valence-corrected chi connectivity index (χ0v) is 15.2. The Balaban J connectivity index is 2.25. The summed E-state index contributed by atoms with van der Waals surface area (Å²) in [6.07, 6.45) is 2.11. The van der Waals surface area contributed by atoms with E-state index in [0.29, 0.717) is 23.6 Å². The lowest BCUT2D eigenvalue weighted by Crippen LogP contribution is -2.38. The first-order valence-electron chi connectivity index (χ1n) is 8.78. The molecule has 0 bridgehead atoms. The third-order valence-corrected chi connectivity index (χ3v) is 4.65. The number of nitrogens with zero attached hydrogens (tertiary/aromatic N) is 1. The summed E-state index contributed by atoms with van der Waals surface area (Å²) in [6.45, 7) is 8.09. The van der Waals surface area contributed by atoms with Gasteiger partial charge in [0.05, 0.1) is 0 Å². The molecule has 0 amide bonds. The van der Waals surface area contributed by atoms with Crippen molar-refractivity contribution in [2.24, 2.45) is 5.92 Å². The minimum absolute atomic E-state index is 0.153. The molecule has 1 N–H and O–H groups in total. The molecule has 1 aliphatic rings. The lowest BCUT2D eigenvalue weighted by Gasteiger charge is -2.17. The first-order valence-corrected chi connectivity index (χ1v) is 8.78. The van der Waals surface area contributed by atoms with Gasteiger partial charge in [0, 0.05) is 17.7 Å². The predicted octanol–water partition coefficient (Wildman–Crippen LogP) is 2.92. The third kappa shape index (κ3) is 3.50. The van der Waals surface area contributed by atoms with Crippen LogP contribution in [0.1, 0.15) is 65.3 Å². The smallest absolute Gasteiger partial charge is 0.290 e. The maximum atomic E-state index is 13.3. The monoisotopic (exact) mass is 340 g/mol. The van der Waals surface area contributed by atoms with Crippen LogP contribution in [0.3, 0.4) is 0 Å². The van der Waals surface area contributed by atoms with Crippen molar-refractivity contribution in [1.82, 2.24) is 9.55 Å². The number of aryl methyl sites for hydroxylation is 2. The highest BCUT2D eigenvalue weighted by atomic mass is 16.2. The molecule has 2 aromatic rings. The van der Waals surface area contributed by atoms with Gasteiger partial charge in [0.2, 0.25) is 5.78 Å². The maximum Gasteiger partial charge on any atom is 0.328 e. The SMILES string of the molecule is Cc1cc(C)cc(C(=O)c2c(C(C)C)c(=O)[nH]c(=O)n2CC2CC2)c1. The molecule has 0 aliphatic heterocycles. The summed E-state index contributed by atoms with van der Waals surface area (Å²) in [5.41, 5.74) is 2.18. The molecule has 1 saturated carbocycles. The molecule has 1 fully saturated rings. The molecular formula is C20H24N2O3. The van der Waals surface area contributed by atoms with E-state index in [1.165, 1.54) is 4.57 Å². The predicted molar refractivity (Wildman–Crippen MR) is 97.5 cm³/mol. The number of aromatic amines is 1. The van der Waals surface area contributed by atoms with Gasteiger partial charge in [-0.3, -0.25) is 19.1 Å². The van der Waals surface area contributed by atoms with Crippen molar-refractivity contribution in [3.8, 4) is 0 Å². The molecule has 5 nitrogen and oxygen atoms in total. The van der Waals surface area contributed by atoms with Gasteiger partial charge in [0.25, 0.3) is 5.56 Å². The molecule has 5 heteroatoms. The van der Waals surface area contributed by atoms with E-state index in [9.17, 15) is 14.4 Å². The van der Waals surface area contributed by atoms with Crippen LogP contribution in [0.25, 0.3) is 0 Å². The van der Waals surface area contributed by atoms with Crippen LogP contribution in [0, 0.1) is 19.8 Å². The van der Waals surface area contributed by atoms with E-state index in [-0.39, 0.29) is 17.4 Å². The Morgan fingerprint density at radius 2 is 1.76 bits per heavy atom. The van der Waals surface area contributed by atoms with Crippen LogP contribution in [-0.4, -0.2) is 15.3 Å². The number of benzene rings is 1. The third-order valence-electron chi connectivity index (χ3n) is 4.65. The summed E-state index contributed by atoms with van der Waals surface area (Å²) in [7, 11) is 0. The Bertz CT molecular complexity index is 926. The van der Waals surface area contributed by atoms with Crippen molar-refractivity contribution >= 4 is 5.78 Å². The Labute approximate surface area is 146 Å². The number of hydrogen-bond acceptors (Lipinski definition) is 3. The standard InChI is InChI=1S/C20H24N2O3/c1-11(2)16-17(18(23)15-8-12(3)7-13(4)9-15)22(10-14-5-6-14)20(25)21-19(16)24/h7-9,11,14H,5-6,10H2,1-4H3,(H,21,24,25). The van der Waals surface area contributed by atoms with Gasteiger partial charge in [0.15, 0.2) is 0 Å². The van der Waals surface area contributed by atoms with E-state index in [1.54, 1.807) is 0 Å². The first-order chi connectivity index (χ1) is 11.8. The summed E-state index contributed by atoms with van der Waals surface area (Å²) in [5.74, 6) is 0.00780. The molecule has 0 unspecified atom stereocenters. The minimum atomic E-state index is -0.492. The fourth-order valence-corrected chi connectivity index (χ4v) is 3.34. The Kier molecular flexibility index (Phi) is 4.50. The fraction of sp³-hybridized carbons (Fsp3) is 0.450. The number of hydrogen-bond donors (Lipinski definition) is 1. The number of aromatic nitrogens is 2. The zero-order chi connectivity index (χ0) is 18.3. The topological polar surface area (TPSA) is 71.9 Å². The van der Waals surface area contributed by atoms with Crippen molar-refractivity contribution in [1.29, 1.82) is 0 Å². The molecule has 1 aromatic heterocycles. The van der Waals surface area contributed by atoms with E-state index in [1.807, 2.05) is 45.9 Å². The van der Waals surface area contributed by atoms with Crippen molar-refractivity contribution in [3.63, 3.8) is 0 Å². The normalized spacial score (nSPS) is 14.1. The summed E-state index contributed by atoms with van der Waals surface area (Å²) in [4.78, 5) is 40.5. The van der Waals surface area contributed by atoms with Gasteiger partial charge in [-0.05, 0) is 50.7 Å². The van der Waals surface area contributed by atoms with E-state index in [0.717, 1.165) is 24.0 Å². The number of rotatable bonds is 5. The largest absolute Gasteiger partial charge is 0.328 e. The lowest BCUT2D eigenvalue weighted by atomic mass is 9.95. The van der Waals surface area contributed by atoms with E-state index < -0.39 is 11.2 Å². The molecule has 25 heavy (non-hydrogen) atoms. The van der Waals surface area contributed by atoms with E-state index in [2.05, 4.69) is 4.98 Å². The molecule has 0 atom stereocenters. The molecular weight excluding hydrogens is 316 g/mol. The quantitative estimate of drug-likeness (QED) is 0.851. The second-order valence-electron chi connectivity index (χ2n) is 7.44. The molecule has 0 spiro atoms. The van der Waals surface area contributed by atoms with Gasteiger partial charge in [-0.15, -0.1) is 0 Å². The number of nitrogens with one attached hydrogen (secondary N) is 1. The highest BCUT2D eigenvalue weighted by Gasteiger charge is 2.29. The van der Waals surface area contributed by atoms with E-state index in [4.69, 9.17) is 0 Å². The summed E-state index contributed by atoms with van der Waals surface area (Å²) in [6, 6.07) is 5.62. The van der Waals surface area contributed by atoms with Crippen LogP contribution in [0.5, 0.6) is 0 Å². The molecule has 0 saturated heterocycles. The molecule has 3 rings (SSSR count). The van der Waals surface area contributed by atoms with Crippen molar-refractivity contribution in [2.45, 2.75) is 53.0 Å². The summed E-state index contributed by atoms with van der Waals surface area (Å²) < 4.78 is 1.48. The average Bonchev–Trinajstić information content (AvgIpc) is 3.31. The van der Waals surface area contributed by atoms with Crippen molar-refractivity contribution in [3.05, 3.63) is 67.0 Å². The Hall–Kier alpha value is -2.43. The number of ketones is 1. The van der Waals surface area contributed by atoms with Crippen LogP contribution in [-0.2, 0) is 6.54 Å². The van der Waals surface area contributed by atoms with Crippen LogP contribution in [0.4, 0.5) is 0 Å². The maximum absolute atomic E-state index is 13.3. The Morgan fingerprint density at radius 3 is 2.28 bits per heavy atom. The molecule has 0 radical (unpaired) electrons. The zero-order valence-electron chi connectivity index (χ0n) is 15.2. The van der Waals surface area contributed by atoms with Crippen molar-refractivity contribution in [2.75, 3.05) is 0 Å². The van der Waals surface area contributed by atoms with E-state index >= 15 is 0 Å². The second kappa shape index (κ2) is 6.47.